The molecule has 0 atom stereocenters. The quantitative estimate of drug-likeness (QED) is 0.803. The van der Waals surface area contributed by atoms with E-state index in [1.54, 1.807) is 30.6 Å². The molecule has 0 spiro atoms. The van der Waals surface area contributed by atoms with E-state index in [1.165, 1.54) is 6.07 Å². The van der Waals surface area contributed by atoms with Gasteiger partial charge in [0.1, 0.15) is 11.4 Å². The molecule has 116 valence electrons. The third-order valence-corrected chi connectivity index (χ3v) is 3.08. The Morgan fingerprint density at radius 2 is 2.14 bits per heavy atom. The molecule has 2 N–H and O–H groups in total. The first-order valence-electron chi connectivity index (χ1n) is 7.30. The zero-order valence-electron chi connectivity index (χ0n) is 12.5. The normalized spacial score (nSPS) is 10.2. The highest BCUT2D eigenvalue weighted by Gasteiger charge is 2.08. The minimum absolute atomic E-state index is 0.112. The summed E-state index contributed by atoms with van der Waals surface area (Å²) in [4.78, 5) is 27.5. The van der Waals surface area contributed by atoms with Crippen molar-refractivity contribution in [3.05, 3.63) is 47.1 Å². The van der Waals surface area contributed by atoms with E-state index in [9.17, 15) is 9.59 Å². The smallest absolute Gasteiger partial charge is 0.360 e. The Hall–Kier alpha value is -2.63. The summed E-state index contributed by atoms with van der Waals surface area (Å²) in [5.41, 5.74) is 0.223. The summed E-state index contributed by atoms with van der Waals surface area (Å²) in [7, 11) is 0. The second-order valence-electron chi connectivity index (χ2n) is 4.83. The molecule has 6 heteroatoms. The van der Waals surface area contributed by atoms with E-state index in [0.29, 0.717) is 17.9 Å². The van der Waals surface area contributed by atoms with Crippen LogP contribution in [-0.2, 0) is 0 Å². The number of anilines is 1. The Morgan fingerprint density at radius 1 is 1.27 bits per heavy atom. The van der Waals surface area contributed by atoms with E-state index in [0.717, 1.165) is 19.3 Å². The van der Waals surface area contributed by atoms with Crippen LogP contribution in [0.4, 0.5) is 10.5 Å². The van der Waals surface area contributed by atoms with Gasteiger partial charge in [-0.05, 0) is 30.7 Å². The maximum Gasteiger partial charge on any atom is 0.360 e. The van der Waals surface area contributed by atoms with E-state index in [1.807, 2.05) is 0 Å². The second-order valence-corrected chi connectivity index (χ2v) is 4.83. The molecule has 0 saturated heterocycles. The van der Waals surface area contributed by atoms with Crippen molar-refractivity contribution in [1.29, 1.82) is 0 Å². The molecule has 0 fully saturated rings. The van der Waals surface area contributed by atoms with Crippen LogP contribution in [0.1, 0.15) is 26.2 Å². The van der Waals surface area contributed by atoms with Crippen molar-refractivity contribution in [3.63, 3.8) is 0 Å². The van der Waals surface area contributed by atoms with Gasteiger partial charge in [0.25, 0.3) is 0 Å². The van der Waals surface area contributed by atoms with Crippen LogP contribution in [0.25, 0.3) is 11.3 Å². The highest BCUT2D eigenvalue weighted by atomic mass is 16.4. The summed E-state index contributed by atoms with van der Waals surface area (Å²) >= 11 is 0. The molecule has 0 saturated carbocycles. The molecular weight excluding hydrogens is 282 g/mol. The summed E-state index contributed by atoms with van der Waals surface area (Å²) in [6, 6.07) is 6.30. The number of hydrogen-bond donors (Lipinski definition) is 2. The summed E-state index contributed by atoms with van der Waals surface area (Å²) < 4.78 is 5.20. The molecule has 0 aliphatic heterocycles. The molecule has 0 unspecified atom stereocenters. The van der Waals surface area contributed by atoms with Crippen molar-refractivity contribution in [2.45, 2.75) is 26.2 Å². The summed E-state index contributed by atoms with van der Waals surface area (Å²) in [6.45, 7) is 2.67. The second kappa shape index (κ2) is 7.97. The number of unbranched alkanes of at least 4 members (excludes halogenated alkanes) is 2. The lowest BCUT2D eigenvalue weighted by Crippen LogP contribution is -2.31. The van der Waals surface area contributed by atoms with E-state index in [-0.39, 0.29) is 5.69 Å². The third-order valence-electron chi connectivity index (χ3n) is 3.08. The van der Waals surface area contributed by atoms with Gasteiger partial charge in [0.2, 0.25) is 0 Å². The van der Waals surface area contributed by atoms with Crippen LogP contribution in [0.5, 0.6) is 0 Å². The van der Waals surface area contributed by atoms with Gasteiger partial charge in [-0.15, -0.1) is 0 Å². The molecule has 0 radical (unpaired) electrons. The number of aromatic nitrogens is 1. The minimum Gasteiger partial charge on any atom is -0.421 e. The van der Waals surface area contributed by atoms with Gasteiger partial charge < -0.3 is 15.1 Å². The average molecular weight is 301 g/mol. The molecule has 2 aromatic heterocycles. The van der Waals surface area contributed by atoms with Crippen LogP contribution in [-0.4, -0.2) is 17.6 Å². The molecule has 2 amide bonds. The van der Waals surface area contributed by atoms with Gasteiger partial charge in [0, 0.05) is 24.5 Å². The SMILES string of the molecule is CCCCCNC(=O)Nc1ccc(-c2cccnc2)oc1=O. The van der Waals surface area contributed by atoms with Crippen molar-refractivity contribution in [2.75, 3.05) is 11.9 Å². The highest BCUT2D eigenvalue weighted by Crippen LogP contribution is 2.17. The Morgan fingerprint density at radius 3 is 2.82 bits per heavy atom. The van der Waals surface area contributed by atoms with Gasteiger partial charge in [-0.1, -0.05) is 19.8 Å². The van der Waals surface area contributed by atoms with Crippen LogP contribution in [0, 0.1) is 0 Å². The Kier molecular flexibility index (Phi) is 5.71. The van der Waals surface area contributed by atoms with Crippen molar-refractivity contribution in [3.8, 4) is 11.3 Å². The maximum absolute atomic E-state index is 11.9. The van der Waals surface area contributed by atoms with Crippen LogP contribution in [0.3, 0.4) is 0 Å². The standard InChI is InChI=1S/C16H19N3O3/c1-2-3-4-10-18-16(21)19-13-7-8-14(22-15(13)20)12-6-5-9-17-11-12/h5-9,11H,2-4,10H2,1H3,(H2,18,19,21). The molecule has 2 aromatic rings. The van der Waals surface area contributed by atoms with E-state index in [2.05, 4.69) is 22.5 Å². The first kappa shape index (κ1) is 15.8. The van der Waals surface area contributed by atoms with Crippen molar-refractivity contribution in [2.24, 2.45) is 0 Å². The Labute approximate surface area is 128 Å². The lowest BCUT2D eigenvalue weighted by Gasteiger charge is -2.07. The molecule has 0 aliphatic carbocycles. The largest absolute Gasteiger partial charge is 0.421 e. The predicted octanol–water partition coefficient (Wildman–Crippen LogP) is 3.01. The third kappa shape index (κ3) is 4.44. The lowest BCUT2D eigenvalue weighted by molar-refractivity contribution is 0.252. The first-order valence-corrected chi connectivity index (χ1v) is 7.30. The number of nitrogens with zero attached hydrogens (tertiary/aromatic N) is 1. The van der Waals surface area contributed by atoms with Gasteiger partial charge in [-0.3, -0.25) is 4.98 Å². The van der Waals surface area contributed by atoms with E-state index >= 15 is 0 Å². The number of hydrogen-bond acceptors (Lipinski definition) is 4. The number of urea groups is 1. The van der Waals surface area contributed by atoms with Crippen LogP contribution < -0.4 is 16.3 Å². The Bertz CT molecular complexity index is 668. The number of carbonyl (C=O) groups excluding carboxylic acids is 1. The van der Waals surface area contributed by atoms with Gasteiger partial charge in [-0.25, -0.2) is 9.59 Å². The molecule has 0 bridgehead atoms. The topological polar surface area (TPSA) is 84.2 Å². The van der Waals surface area contributed by atoms with Crippen molar-refractivity contribution in [1.82, 2.24) is 10.3 Å². The molecular formula is C16H19N3O3. The number of amides is 2. The minimum atomic E-state index is -0.593. The number of rotatable bonds is 6. The Balaban J connectivity index is 1.98. The van der Waals surface area contributed by atoms with Crippen LogP contribution in [0.15, 0.2) is 45.9 Å². The monoisotopic (exact) mass is 301 g/mol. The number of nitrogens with one attached hydrogen (secondary N) is 2. The number of carbonyl (C=O) groups is 1. The van der Waals surface area contributed by atoms with Crippen LogP contribution in [0.2, 0.25) is 0 Å². The zero-order valence-corrected chi connectivity index (χ0v) is 12.5. The fraction of sp³-hybridized carbons (Fsp3) is 0.312. The van der Waals surface area contributed by atoms with Crippen molar-refractivity contribution < 1.29 is 9.21 Å². The van der Waals surface area contributed by atoms with Gasteiger partial charge >= 0.3 is 11.7 Å². The lowest BCUT2D eigenvalue weighted by atomic mass is 10.2. The number of pyridine rings is 1. The predicted molar refractivity (Wildman–Crippen MR) is 84.8 cm³/mol. The molecule has 0 aromatic carbocycles. The maximum atomic E-state index is 11.9. The molecule has 22 heavy (non-hydrogen) atoms. The highest BCUT2D eigenvalue weighted by molar-refractivity contribution is 5.88. The molecule has 0 aliphatic rings. The van der Waals surface area contributed by atoms with Gasteiger partial charge in [0.05, 0.1) is 0 Å². The summed E-state index contributed by atoms with van der Waals surface area (Å²) in [6.07, 6.45) is 6.30. The summed E-state index contributed by atoms with van der Waals surface area (Å²) in [5, 5.41) is 5.19. The molecule has 2 rings (SSSR count). The van der Waals surface area contributed by atoms with E-state index < -0.39 is 11.7 Å². The fourth-order valence-electron chi connectivity index (χ4n) is 1.92. The summed E-state index contributed by atoms with van der Waals surface area (Å²) in [5.74, 6) is 0.409. The van der Waals surface area contributed by atoms with Crippen LogP contribution >= 0.6 is 0 Å². The van der Waals surface area contributed by atoms with Gasteiger partial charge in [-0.2, -0.15) is 0 Å². The average Bonchev–Trinajstić information content (AvgIpc) is 2.54. The van der Waals surface area contributed by atoms with Gasteiger partial charge in [0.15, 0.2) is 0 Å². The molecule has 2 heterocycles. The fourth-order valence-corrected chi connectivity index (χ4v) is 1.92. The first-order chi connectivity index (χ1) is 10.7. The zero-order chi connectivity index (χ0) is 15.8. The molecule has 6 nitrogen and oxygen atoms in total. The van der Waals surface area contributed by atoms with Crippen molar-refractivity contribution >= 4 is 11.7 Å². The van der Waals surface area contributed by atoms with E-state index in [4.69, 9.17) is 4.42 Å².